The molecular weight excluding hydrogens is 637 g/mol. The molecule has 0 saturated carbocycles. The van der Waals surface area contributed by atoms with E-state index in [2.05, 4.69) is 10.3 Å². The number of pyridine rings is 1. The van der Waals surface area contributed by atoms with Crippen LogP contribution in [0.3, 0.4) is 0 Å². The molecule has 0 aliphatic carbocycles. The summed E-state index contributed by atoms with van der Waals surface area (Å²) in [7, 11) is 1.30. The van der Waals surface area contributed by atoms with E-state index < -0.39 is 35.5 Å². The van der Waals surface area contributed by atoms with Crippen molar-refractivity contribution in [1.29, 1.82) is 0 Å². The topological polar surface area (TPSA) is 94.4 Å². The van der Waals surface area contributed by atoms with E-state index >= 15 is 4.39 Å². The zero-order valence-corrected chi connectivity index (χ0v) is 24.0. The average molecular weight is 663 g/mol. The highest BCUT2D eigenvalue weighted by Gasteiger charge is 2.29. The molecule has 1 aliphatic rings. The Hall–Kier alpha value is -2.71. The predicted molar refractivity (Wildman–Crippen MR) is 146 cm³/mol. The second-order valence-corrected chi connectivity index (χ2v) is 11.2. The molecule has 2 amide bonds. The van der Waals surface area contributed by atoms with Crippen LogP contribution in [0.25, 0.3) is 16.9 Å². The van der Waals surface area contributed by atoms with Crippen LogP contribution in [0, 0.1) is 15.2 Å². The lowest BCUT2D eigenvalue weighted by Crippen LogP contribution is -2.46. The molecule has 3 aromatic rings. The molecule has 4 rings (SSSR count). The summed E-state index contributed by atoms with van der Waals surface area (Å²) in [6, 6.07) is 4.11. The van der Waals surface area contributed by atoms with Gasteiger partial charge in [-0.05, 0) is 55.5 Å². The van der Waals surface area contributed by atoms with E-state index in [1.807, 2.05) is 22.6 Å². The molecule has 3 heterocycles. The summed E-state index contributed by atoms with van der Waals surface area (Å²) in [6.45, 7) is 6.05. The smallest absolute Gasteiger partial charge is 0.412 e. The van der Waals surface area contributed by atoms with Gasteiger partial charge in [-0.1, -0.05) is 11.6 Å². The molecule has 0 spiro atoms. The van der Waals surface area contributed by atoms with Crippen LogP contribution in [0.15, 0.2) is 24.4 Å². The van der Waals surface area contributed by atoms with Crippen molar-refractivity contribution >= 4 is 57.7 Å². The van der Waals surface area contributed by atoms with Crippen molar-refractivity contribution in [2.75, 3.05) is 32.1 Å². The summed E-state index contributed by atoms with van der Waals surface area (Å²) in [5.74, 6) is -1.32. The number of benzene rings is 1. The molecule has 1 aromatic carbocycles. The first-order valence-electron chi connectivity index (χ1n) is 11.7. The summed E-state index contributed by atoms with van der Waals surface area (Å²) in [5, 5.41) is 2.41. The number of nitrogens with zero attached hydrogens (tertiary/aromatic N) is 3. The molecule has 13 heteroatoms. The molecule has 2 aromatic heterocycles. The third-order valence-corrected chi connectivity index (χ3v) is 6.82. The van der Waals surface area contributed by atoms with Gasteiger partial charge in [0.25, 0.3) is 0 Å². The van der Waals surface area contributed by atoms with Gasteiger partial charge >= 0.3 is 12.2 Å². The van der Waals surface area contributed by atoms with Gasteiger partial charge in [0.2, 0.25) is 0 Å². The van der Waals surface area contributed by atoms with Crippen LogP contribution in [0.1, 0.15) is 26.5 Å². The van der Waals surface area contributed by atoms with Crippen LogP contribution in [-0.4, -0.2) is 65.0 Å². The number of carbonyl (C=O) groups is 2. The highest BCUT2D eigenvalue weighted by Crippen LogP contribution is 2.35. The second kappa shape index (κ2) is 11.2. The van der Waals surface area contributed by atoms with E-state index in [-0.39, 0.29) is 41.5 Å². The molecule has 38 heavy (non-hydrogen) atoms. The van der Waals surface area contributed by atoms with Crippen LogP contribution in [0.2, 0.25) is 5.02 Å². The van der Waals surface area contributed by atoms with Crippen LogP contribution in [-0.2, 0) is 20.6 Å². The molecule has 0 bridgehead atoms. The first-order chi connectivity index (χ1) is 17.9. The maximum absolute atomic E-state index is 15.6. The third-order valence-electron chi connectivity index (χ3n) is 5.68. The minimum absolute atomic E-state index is 0.126. The molecular formula is C25H26ClF2IN4O5. The Labute approximate surface area is 236 Å². The lowest BCUT2D eigenvalue weighted by molar-refractivity contribution is -0.0241. The van der Waals surface area contributed by atoms with E-state index in [0.717, 1.165) is 0 Å². The highest BCUT2D eigenvalue weighted by atomic mass is 127. The number of methoxy groups -OCH3 is 1. The van der Waals surface area contributed by atoms with Gasteiger partial charge in [0.1, 0.15) is 17.1 Å². The Kier molecular flexibility index (Phi) is 8.33. The number of anilines is 1. The van der Waals surface area contributed by atoms with Crippen molar-refractivity contribution in [3.05, 3.63) is 50.3 Å². The SMILES string of the molecule is COC(=O)N1CCO[C@@H](Cc2c(-c3c(F)cc(NC(=O)OC(C)(C)C)cc3I)nc3cc(Cl)c(F)cn23)C1. The predicted octanol–water partition coefficient (Wildman–Crippen LogP) is 5.89. The quantitative estimate of drug-likeness (QED) is 0.350. The fourth-order valence-electron chi connectivity index (χ4n) is 4.13. The van der Waals surface area contributed by atoms with Gasteiger partial charge in [0, 0.05) is 34.5 Å². The number of amides is 2. The molecule has 0 unspecified atom stereocenters. The molecule has 0 radical (unpaired) electrons. The summed E-state index contributed by atoms with van der Waals surface area (Å²) >= 11 is 7.95. The average Bonchev–Trinajstić information content (AvgIpc) is 3.13. The molecule has 204 valence electrons. The first-order valence-corrected chi connectivity index (χ1v) is 13.1. The van der Waals surface area contributed by atoms with Crippen LogP contribution in [0.4, 0.5) is 24.1 Å². The number of rotatable bonds is 4. The Balaban J connectivity index is 1.74. The number of aromatic nitrogens is 2. The summed E-state index contributed by atoms with van der Waals surface area (Å²) in [4.78, 5) is 30.3. The van der Waals surface area contributed by atoms with Crippen molar-refractivity contribution in [3.8, 4) is 11.3 Å². The Morgan fingerprint density at radius 2 is 2.00 bits per heavy atom. The third kappa shape index (κ3) is 6.29. The largest absolute Gasteiger partial charge is 0.453 e. The van der Waals surface area contributed by atoms with E-state index in [1.165, 1.54) is 34.7 Å². The maximum atomic E-state index is 15.6. The summed E-state index contributed by atoms with van der Waals surface area (Å²) in [6.07, 6.45) is -0.299. The van der Waals surface area contributed by atoms with Gasteiger partial charge in [-0.25, -0.2) is 23.4 Å². The normalized spacial score (nSPS) is 16.0. The lowest BCUT2D eigenvalue weighted by Gasteiger charge is -2.32. The van der Waals surface area contributed by atoms with Crippen molar-refractivity contribution in [3.63, 3.8) is 0 Å². The molecule has 1 N–H and O–H groups in total. The number of carbonyl (C=O) groups excluding carboxylic acids is 2. The van der Waals surface area contributed by atoms with Crippen molar-refractivity contribution < 1.29 is 32.6 Å². The Morgan fingerprint density at radius 3 is 2.66 bits per heavy atom. The van der Waals surface area contributed by atoms with Crippen LogP contribution >= 0.6 is 34.2 Å². The number of fused-ring (bicyclic) bond motifs is 1. The van der Waals surface area contributed by atoms with Gasteiger partial charge in [-0.3, -0.25) is 5.32 Å². The zero-order valence-electron chi connectivity index (χ0n) is 21.1. The molecule has 1 saturated heterocycles. The minimum Gasteiger partial charge on any atom is -0.453 e. The fraction of sp³-hybridized carbons (Fsp3) is 0.400. The Bertz CT molecular complexity index is 1370. The lowest BCUT2D eigenvalue weighted by atomic mass is 10.0. The van der Waals surface area contributed by atoms with Crippen molar-refractivity contribution in [2.45, 2.75) is 38.9 Å². The van der Waals surface area contributed by atoms with Gasteiger partial charge in [0.15, 0.2) is 5.82 Å². The Morgan fingerprint density at radius 1 is 1.26 bits per heavy atom. The van der Waals surface area contributed by atoms with Crippen molar-refractivity contribution in [1.82, 2.24) is 14.3 Å². The number of ether oxygens (including phenoxy) is 3. The van der Waals surface area contributed by atoms with Gasteiger partial charge in [-0.15, -0.1) is 0 Å². The molecule has 1 fully saturated rings. The van der Waals surface area contributed by atoms with Gasteiger partial charge in [0.05, 0.1) is 48.3 Å². The number of imidazole rings is 1. The second-order valence-electron chi connectivity index (χ2n) is 9.66. The fourth-order valence-corrected chi connectivity index (χ4v) is 5.13. The zero-order chi connectivity index (χ0) is 27.8. The van der Waals surface area contributed by atoms with Crippen molar-refractivity contribution in [2.24, 2.45) is 0 Å². The summed E-state index contributed by atoms with van der Waals surface area (Å²) in [5.41, 5.74) is 0.689. The van der Waals surface area contributed by atoms with Crippen LogP contribution < -0.4 is 5.32 Å². The number of halogens is 4. The van der Waals surface area contributed by atoms with E-state index in [4.69, 9.17) is 25.8 Å². The van der Waals surface area contributed by atoms with Crippen LogP contribution in [0.5, 0.6) is 0 Å². The molecule has 1 aliphatic heterocycles. The van der Waals surface area contributed by atoms with E-state index in [0.29, 0.717) is 21.5 Å². The monoisotopic (exact) mass is 662 g/mol. The number of hydrogen-bond acceptors (Lipinski definition) is 6. The molecule has 9 nitrogen and oxygen atoms in total. The first kappa shape index (κ1) is 28.3. The molecule has 1 atom stereocenters. The highest BCUT2D eigenvalue weighted by molar-refractivity contribution is 14.1. The number of hydrogen-bond donors (Lipinski definition) is 1. The van der Waals surface area contributed by atoms with E-state index in [1.54, 1.807) is 26.8 Å². The van der Waals surface area contributed by atoms with Gasteiger partial charge < -0.3 is 23.5 Å². The minimum atomic E-state index is -0.720. The number of nitrogens with one attached hydrogen (secondary N) is 1. The maximum Gasteiger partial charge on any atom is 0.412 e. The summed E-state index contributed by atoms with van der Waals surface area (Å²) < 4.78 is 48.0. The standard InChI is InChI=1S/C25H26ClF2IN4O5/c1-25(2,3)38-23(34)30-13-7-16(27)21(18(29)8-13)22-19(33-12-17(28)15(26)10-20(33)31-22)9-14-11-32(5-6-37-14)24(35)36-4/h7-8,10,12,14H,5-6,9,11H2,1-4H3,(H,30,34)/t14-/m0/s1. The van der Waals surface area contributed by atoms with E-state index in [9.17, 15) is 14.0 Å². The number of morpholine rings is 1. The van der Waals surface area contributed by atoms with Gasteiger partial charge in [-0.2, -0.15) is 0 Å².